The fourth-order valence-corrected chi connectivity index (χ4v) is 8.99. The number of amides is 1. The Balaban J connectivity index is 1.76. The lowest BCUT2D eigenvalue weighted by Crippen LogP contribution is -2.52. The lowest BCUT2D eigenvalue weighted by atomic mass is 9.79. The van der Waals surface area contributed by atoms with Crippen molar-refractivity contribution in [3.8, 4) is 17.6 Å². The molecule has 0 bridgehead atoms. The molecule has 61 heavy (non-hydrogen) atoms. The summed E-state index contributed by atoms with van der Waals surface area (Å²) in [6.07, 6.45) is -8.95. The van der Waals surface area contributed by atoms with Crippen molar-refractivity contribution < 1.29 is 46.0 Å². The molecule has 0 saturated carbocycles. The van der Waals surface area contributed by atoms with Crippen LogP contribution in [0.15, 0.2) is 94.6 Å². The molecule has 328 valence electrons. The van der Waals surface area contributed by atoms with E-state index in [0.717, 1.165) is 0 Å². The molecule has 1 fully saturated rings. The van der Waals surface area contributed by atoms with Gasteiger partial charge in [0, 0.05) is 36.8 Å². The van der Waals surface area contributed by atoms with Crippen molar-refractivity contribution >= 4 is 14.4 Å². The van der Waals surface area contributed by atoms with Gasteiger partial charge in [-0.3, -0.25) is 19.1 Å². The summed E-state index contributed by atoms with van der Waals surface area (Å²) in [7, 11) is 1.03. The van der Waals surface area contributed by atoms with Crippen molar-refractivity contribution in [1.29, 1.82) is 5.26 Å². The summed E-state index contributed by atoms with van der Waals surface area (Å²) in [6, 6.07) is 24.7. The number of carbonyl (C=O) groups excluding carboxylic acids is 1. The van der Waals surface area contributed by atoms with E-state index in [2.05, 4.69) is 11.1 Å². The lowest BCUT2D eigenvalue weighted by molar-refractivity contribution is -0.177. The molecule has 0 radical (unpaired) electrons. The van der Waals surface area contributed by atoms with Crippen LogP contribution >= 0.6 is 8.53 Å². The smallest absolute Gasteiger partial charge is 0.471 e. The number of aryl methyl sites for hydroxylation is 1. The van der Waals surface area contributed by atoms with Crippen LogP contribution in [0.2, 0.25) is 0 Å². The number of nitrogens with zero attached hydrogens (tertiary/aromatic N) is 3. The highest BCUT2D eigenvalue weighted by Crippen LogP contribution is 2.51. The molecule has 0 spiro atoms. The number of methoxy groups -OCH3 is 2. The third-order valence-electron chi connectivity index (χ3n) is 10.0. The van der Waals surface area contributed by atoms with E-state index in [1.807, 2.05) is 37.7 Å². The third-order valence-corrected chi connectivity index (χ3v) is 12.2. The standard InChI is InChI=1S/C43H51F3N5O9P/c1-27(2)51(28(3)4)61(57-23-11-22-47)60-35-24-37(50-26-29(5)39(52)49-41(50)54)58-38(35)36(25-48-40(53)43(44,45)46)59-42(30-12-9-8-10-13-30,31-14-18-33(55-6)19-15-31)32-16-20-34(56-7)21-17-32/h8-10,12-21,26-28,35-38H,11,23-25H2,1-7H3,(H,48,53)(H,49,52,54)/t35-,36-,37+,38-,61?/m0/s1. The van der Waals surface area contributed by atoms with Crippen molar-refractivity contribution in [2.45, 2.75) is 95.9 Å². The summed E-state index contributed by atoms with van der Waals surface area (Å²) in [5.74, 6) is -1.17. The summed E-state index contributed by atoms with van der Waals surface area (Å²) in [5, 5.41) is 11.4. The second-order valence-electron chi connectivity index (χ2n) is 14.8. The number of carbonyl (C=O) groups is 1. The number of hydrogen-bond acceptors (Lipinski definition) is 11. The van der Waals surface area contributed by atoms with Gasteiger partial charge in [0.2, 0.25) is 0 Å². The Morgan fingerprint density at radius 1 is 0.951 bits per heavy atom. The van der Waals surface area contributed by atoms with Crippen molar-refractivity contribution in [1.82, 2.24) is 19.5 Å². The number of rotatable bonds is 19. The van der Waals surface area contributed by atoms with E-state index in [0.29, 0.717) is 28.2 Å². The molecule has 2 heterocycles. The van der Waals surface area contributed by atoms with Gasteiger partial charge >= 0.3 is 17.8 Å². The van der Waals surface area contributed by atoms with Crippen LogP contribution in [-0.4, -0.2) is 84.1 Å². The van der Waals surface area contributed by atoms with Crippen LogP contribution in [0.5, 0.6) is 11.5 Å². The number of benzene rings is 3. The summed E-state index contributed by atoms with van der Waals surface area (Å²) < 4.78 is 83.0. The Morgan fingerprint density at radius 3 is 2.02 bits per heavy atom. The molecule has 1 amide bonds. The Labute approximate surface area is 353 Å². The second-order valence-corrected chi connectivity index (χ2v) is 16.2. The maximum absolute atomic E-state index is 13.9. The van der Waals surface area contributed by atoms with Gasteiger partial charge in [-0.2, -0.15) is 18.4 Å². The molecule has 18 heteroatoms. The first-order valence-electron chi connectivity index (χ1n) is 19.6. The minimum Gasteiger partial charge on any atom is -0.497 e. The van der Waals surface area contributed by atoms with Crippen molar-refractivity contribution in [2.24, 2.45) is 0 Å². The lowest BCUT2D eigenvalue weighted by Gasteiger charge is -2.42. The predicted octanol–water partition coefficient (Wildman–Crippen LogP) is 6.87. The Bertz CT molecular complexity index is 2160. The largest absolute Gasteiger partial charge is 0.497 e. The van der Waals surface area contributed by atoms with Crippen molar-refractivity contribution in [2.75, 3.05) is 27.4 Å². The van der Waals surface area contributed by atoms with Gasteiger partial charge < -0.3 is 33.3 Å². The molecule has 1 unspecified atom stereocenters. The first kappa shape index (κ1) is 47.0. The minimum atomic E-state index is -5.25. The fourth-order valence-electron chi connectivity index (χ4n) is 7.25. The number of aromatic nitrogens is 2. The zero-order valence-corrected chi connectivity index (χ0v) is 35.9. The van der Waals surface area contributed by atoms with E-state index in [9.17, 15) is 32.8 Å². The maximum Gasteiger partial charge on any atom is 0.471 e. The van der Waals surface area contributed by atoms with Crippen molar-refractivity contribution in [3.05, 3.63) is 128 Å². The third kappa shape index (κ3) is 11.1. The van der Waals surface area contributed by atoms with Gasteiger partial charge in [0.15, 0.2) is 0 Å². The maximum atomic E-state index is 13.9. The number of hydrogen-bond donors (Lipinski definition) is 2. The molecule has 4 aromatic rings. The first-order valence-corrected chi connectivity index (χ1v) is 20.8. The highest BCUT2D eigenvalue weighted by molar-refractivity contribution is 7.44. The second kappa shape index (κ2) is 20.7. The highest BCUT2D eigenvalue weighted by atomic mass is 31.2. The molecule has 1 aliphatic rings. The number of H-pyrrole nitrogens is 1. The topological polar surface area (TPSA) is 166 Å². The molecule has 1 aromatic heterocycles. The van der Waals surface area contributed by atoms with Gasteiger partial charge in [-0.05, 0) is 75.6 Å². The Kier molecular flexibility index (Phi) is 15.9. The zero-order chi connectivity index (χ0) is 44.5. The molecule has 2 N–H and O–H groups in total. The van der Waals surface area contributed by atoms with Crippen LogP contribution in [0.25, 0.3) is 0 Å². The molecular formula is C43H51F3N5O9P. The van der Waals surface area contributed by atoms with Gasteiger partial charge in [0.25, 0.3) is 14.1 Å². The SMILES string of the molecule is COc1ccc(C(O[C@@H](CNC(=O)C(F)(F)F)[C@H]2O[C@@H](n3cc(C)c(=O)[nH]c3=O)C[C@@H]2OP(OCCC#N)N(C(C)C)C(C)C)(c2ccccc2)c2ccc(OC)cc2)cc1. The number of nitriles is 1. The molecule has 1 saturated heterocycles. The summed E-state index contributed by atoms with van der Waals surface area (Å²) in [5.41, 5.74) is -1.20. The van der Waals surface area contributed by atoms with Crippen LogP contribution < -0.4 is 26.0 Å². The van der Waals surface area contributed by atoms with Gasteiger partial charge in [0.05, 0.1) is 39.4 Å². The average molecular weight is 870 g/mol. The van der Waals surface area contributed by atoms with Gasteiger partial charge in [-0.15, -0.1) is 0 Å². The summed E-state index contributed by atoms with van der Waals surface area (Å²) in [4.78, 5) is 40.7. The van der Waals surface area contributed by atoms with Crippen LogP contribution in [-0.2, 0) is 28.9 Å². The van der Waals surface area contributed by atoms with Gasteiger partial charge in [-0.1, -0.05) is 54.6 Å². The number of halogens is 3. The normalized spacial score (nSPS) is 17.9. The molecule has 3 aromatic carbocycles. The molecular weight excluding hydrogens is 818 g/mol. The monoisotopic (exact) mass is 869 g/mol. The Morgan fingerprint density at radius 2 is 1.51 bits per heavy atom. The van der Waals surface area contributed by atoms with Gasteiger partial charge in [0.1, 0.15) is 35.5 Å². The first-order chi connectivity index (χ1) is 29.0. The van der Waals surface area contributed by atoms with Crippen molar-refractivity contribution in [3.63, 3.8) is 0 Å². The number of nitrogens with one attached hydrogen (secondary N) is 2. The van der Waals surface area contributed by atoms with E-state index in [1.54, 1.807) is 78.9 Å². The van der Waals surface area contributed by atoms with Crippen LogP contribution in [0, 0.1) is 18.3 Å². The number of alkyl halides is 3. The molecule has 5 atom stereocenters. The van der Waals surface area contributed by atoms with E-state index in [-0.39, 0.29) is 37.1 Å². The predicted molar refractivity (Wildman–Crippen MR) is 221 cm³/mol. The van der Waals surface area contributed by atoms with Crippen LogP contribution in [0.4, 0.5) is 13.2 Å². The summed E-state index contributed by atoms with van der Waals surface area (Å²) in [6.45, 7) is 8.53. The average Bonchev–Trinajstić information content (AvgIpc) is 3.65. The van der Waals surface area contributed by atoms with E-state index < -0.39 is 68.5 Å². The number of ether oxygens (including phenoxy) is 4. The van der Waals surface area contributed by atoms with Crippen LogP contribution in [0.3, 0.4) is 0 Å². The zero-order valence-electron chi connectivity index (χ0n) is 35.0. The van der Waals surface area contributed by atoms with Crippen LogP contribution in [0.1, 0.15) is 69.0 Å². The molecule has 0 aliphatic carbocycles. The molecule has 14 nitrogen and oxygen atoms in total. The number of aromatic amines is 1. The van der Waals surface area contributed by atoms with E-state index in [4.69, 9.17) is 28.0 Å². The highest BCUT2D eigenvalue weighted by Gasteiger charge is 2.50. The quantitative estimate of drug-likeness (QED) is 0.0574. The molecule has 1 aliphatic heterocycles. The minimum absolute atomic E-state index is 0.00597. The van der Waals surface area contributed by atoms with Gasteiger partial charge in [-0.25, -0.2) is 9.46 Å². The summed E-state index contributed by atoms with van der Waals surface area (Å²) >= 11 is 0. The Hall–Kier alpha value is -5.08. The van der Waals surface area contributed by atoms with E-state index >= 15 is 0 Å². The van der Waals surface area contributed by atoms with E-state index in [1.165, 1.54) is 31.9 Å². The molecule has 5 rings (SSSR count). The fraction of sp³-hybridized carbons (Fsp3) is 0.442.